The zero-order valence-electron chi connectivity index (χ0n) is 11.2. The number of hydrogen-bond acceptors (Lipinski definition) is 2. The van der Waals surface area contributed by atoms with Crippen molar-refractivity contribution in [3.8, 4) is 0 Å². The number of carbonyl (C=O) groups is 1. The standard InChI is InChI=1S/C17H17NO/c1-13-8-10-16(11-9-13)18-17(12-14(2)19)15-6-4-3-5-7-15/h3-12,18H,1-2H3/b17-12+. The third-order valence-corrected chi connectivity index (χ3v) is 2.76. The van der Waals surface area contributed by atoms with E-state index >= 15 is 0 Å². The molecule has 0 atom stereocenters. The smallest absolute Gasteiger partial charge is 0.154 e. The van der Waals surface area contributed by atoms with Crippen molar-refractivity contribution < 1.29 is 4.79 Å². The predicted molar refractivity (Wildman–Crippen MR) is 79.9 cm³/mol. The summed E-state index contributed by atoms with van der Waals surface area (Å²) in [7, 11) is 0. The fraction of sp³-hybridized carbons (Fsp3) is 0.118. The SMILES string of the molecule is CC(=O)/C=C(/Nc1ccc(C)cc1)c1ccccc1. The van der Waals surface area contributed by atoms with Crippen LogP contribution in [0.5, 0.6) is 0 Å². The fourth-order valence-electron chi connectivity index (χ4n) is 1.80. The van der Waals surface area contributed by atoms with Gasteiger partial charge in [-0.15, -0.1) is 0 Å². The fourth-order valence-corrected chi connectivity index (χ4v) is 1.80. The van der Waals surface area contributed by atoms with E-state index in [-0.39, 0.29) is 5.78 Å². The number of rotatable bonds is 4. The second-order valence-corrected chi connectivity index (χ2v) is 4.53. The molecule has 2 heteroatoms. The monoisotopic (exact) mass is 251 g/mol. The molecule has 0 saturated heterocycles. The lowest BCUT2D eigenvalue weighted by molar-refractivity contribution is -0.112. The minimum atomic E-state index is 0.0264. The third kappa shape index (κ3) is 3.81. The number of ketones is 1. The molecular formula is C17H17NO. The van der Waals surface area contributed by atoms with E-state index in [9.17, 15) is 4.79 Å². The second kappa shape index (κ2) is 6.01. The van der Waals surface area contributed by atoms with E-state index in [0.717, 1.165) is 16.9 Å². The Morgan fingerprint density at radius 1 is 1.00 bits per heavy atom. The minimum Gasteiger partial charge on any atom is -0.355 e. The number of carbonyl (C=O) groups excluding carboxylic acids is 1. The highest BCUT2D eigenvalue weighted by atomic mass is 16.1. The maximum absolute atomic E-state index is 11.4. The molecule has 0 aromatic heterocycles. The molecule has 2 rings (SSSR count). The van der Waals surface area contributed by atoms with E-state index in [0.29, 0.717) is 0 Å². The molecule has 2 nitrogen and oxygen atoms in total. The van der Waals surface area contributed by atoms with Crippen LogP contribution in [-0.2, 0) is 4.79 Å². The van der Waals surface area contributed by atoms with Crippen LogP contribution in [0, 0.1) is 6.92 Å². The Balaban J connectivity index is 2.30. The summed E-state index contributed by atoms with van der Waals surface area (Å²) in [5.41, 5.74) is 4.00. The van der Waals surface area contributed by atoms with E-state index < -0.39 is 0 Å². The second-order valence-electron chi connectivity index (χ2n) is 4.53. The van der Waals surface area contributed by atoms with Crippen LogP contribution >= 0.6 is 0 Å². The predicted octanol–water partition coefficient (Wildman–Crippen LogP) is 4.04. The topological polar surface area (TPSA) is 29.1 Å². The maximum atomic E-state index is 11.4. The van der Waals surface area contributed by atoms with Crippen molar-refractivity contribution in [3.05, 3.63) is 71.8 Å². The molecule has 0 aliphatic heterocycles. The number of aryl methyl sites for hydroxylation is 1. The van der Waals surface area contributed by atoms with Crippen molar-refractivity contribution in [2.45, 2.75) is 13.8 Å². The first-order valence-corrected chi connectivity index (χ1v) is 6.26. The summed E-state index contributed by atoms with van der Waals surface area (Å²) in [5.74, 6) is 0.0264. The first kappa shape index (κ1) is 13.1. The normalized spacial score (nSPS) is 11.2. The molecule has 0 bridgehead atoms. The van der Waals surface area contributed by atoms with Crippen LogP contribution in [0.3, 0.4) is 0 Å². The van der Waals surface area contributed by atoms with E-state index in [1.165, 1.54) is 5.56 Å². The van der Waals surface area contributed by atoms with Gasteiger partial charge < -0.3 is 5.32 Å². The van der Waals surface area contributed by atoms with Crippen molar-refractivity contribution in [2.75, 3.05) is 5.32 Å². The highest BCUT2D eigenvalue weighted by molar-refractivity contribution is 5.97. The van der Waals surface area contributed by atoms with Crippen LogP contribution in [0.4, 0.5) is 5.69 Å². The van der Waals surface area contributed by atoms with Gasteiger partial charge in [-0.1, -0.05) is 48.0 Å². The Morgan fingerprint density at radius 3 is 2.21 bits per heavy atom. The molecule has 2 aromatic rings. The van der Waals surface area contributed by atoms with Gasteiger partial charge in [-0.3, -0.25) is 4.79 Å². The molecule has 96 valence electrons. The van der Waals surface area contributed by atoms with Crippen molar-refractivity contribution in [1.82, 2.24) is 0 Å². The van der Waals surface area contributed by atoms with Gasteiger partial charge in [-0.2, -0.15) is 0 Å². The quantitative estimate of drug-likeness (QED) is 0.831. The van der Waals surface area contributed by atoms with Gasteiger partial charge in [0.1, 0.15) is 0 Å². The number of anilines is 1. The van der Waals surface area contributed by atoms with Gasteiger partial charge in [0.15, 0.2) is 5.78 Å². The summed E-state index contributed by atoms with van der Waals surface area (Å²) in [6.07, 6.45) is 1.62. The number of nitrogens with one attached hydrogen (secondary N) is 1. The molecule has 0 fully saturated rings. The molecule has 19 heavy (non-hydrogen) atoms. The number of allylic oxidation sites excluding steroid dienone is 1. The molecule has 0 aliphatic rings. The molecule has 0 radical (unpaired) electrons. The highest BCUT2D eigenvalue weighted by Gasteiger charge is 2.03. The molecular weight excluding hydrogens is 234 g/mol. The average molecular weight is 251 g/mol. The van der Waals surface area contributed by atoms with Crippen LogP contribution in [0.2, 0.25) is 0 Å². The van der Waals surface area contributed by atoms with Gasteiger partial charge in [-0.05, 0) is 31.5 Å². The lowest BCUT2D eigenvalue weighted by Gasteiger charge is -2.11. The van der Waals surface area contributed by atoms with Gasteiger partial charge in [0, 0.05) is 17.5 Å². The summed E-state index contributed by atoms with van der Waals surface area (Å²) in [4.78, 5) is 11.4. The van der Waals surface area contributed by atoms with Gasteiger partial charge in [0.2, 0.25) is 0 Å². The van der Waals surface area contributed by atoms with Crippen LogP contribution in [0.25, 0.3) is 5.70 Å². The Bertz CT molecular complexity index is 582. The lowest BCUT2D eigenvalue weighted by Crippen LogP contribution is -2.01. The third-order valence-electron chi connectivity index (χ3n) is 2.76. The van der Waals surface area contributed by atoms with Crippen LogP contribution in [0.1, 0.15) is 18.1 Å². The van der Waals surface area contributed by atoms with Gasteiger partial charge in [0.05, 0.1) is 0 Å². The Hall–Kier alpha value is -2.35. The zero-order chi connectivity index (χ0) is 13.7. The van der Waals surface area contributed by atoms with Gasteiger partial charge >= 0.3 is 0 Å². The summed E-state index contributed by atoms with van der Waals surface area (Å²) in [6, 6.07) is 17.9. The molecule has 0 spiro atoms. The molecule has 0 amide bonds. The summed E-state index contributed by atoms with van der Waals surface area (Å²) in [5, 5.41) is 3.29. The Morgan fingerprint density at radius 2 is 1.63 bits per heavy atom. The van der Waals surface area contributed by atoms with Gasteiger partial charge in [-0.25, -0.2) is 0 Å². The summed E-state index contributed by atoms with van der Waals surface area (Å²) < 4.78 is 0. The molecule has 0 unspecified atom stereocenters. The molecule has 2 aromatic carbocycles. The van der Waals surface area contributed by atoms with Crippen molar-refractivity contribution in [1.29, 1.82) is 0 Å². The van der Waals surface area contributed by atoms with E-state index in [2.05, 4.69) is 5.32 Å². The van der Waals surface area contributed by atoms with Crippen molar-refractivity contribution in [2.24, 2.45) is 0 Å². The van der Waals surface area contributed by atoms with Crippen LogP contribution in [-0.4, -0.2) is 5.78 Å². The Labute approximate surface area is 113 Å². The average Bonchev–Trinajstić information content (AvgIpc) is 2.41. The van der Waals surface area contributed by atoms with E-state index in [1.54, 1.807) is 13.0 Å². The first-order chi connectivity index (χ1) is 9.15. The molecule has 0 saturated carbocycles. The first-order valence-electron chi connectivity index (χ1n) is 6.26. The molecule has 0 aliphatic carbocycles. The van der Waals surface area contributed by atoms with Crippen molar-refractivity contribution in [3.63, 3.8) is 0 Å². The largest absolute Gasteiger partial charge is 0.355 e. The number of hydrogen-bond donors (Lipinski definition) is 1. The van der Waals surface area contributed by atoms with E-state index in [4.69, 9.17) is 0 Å². The maximum Gasteiger partial charge on any atom is 0.154 e. The zero-order valence-corrected chi connectivity index (χ0v) is 11.2. The minimum absolute atomic E-state index is 0.0264. The summed E-state index contributed by atoms with van der Waals surface area (Å²) >= 11 is 0. The highest BCUT2D eigenvalue weighted by Crippen LogP contribution is 2.18. The molecule has 1 N–H and O–H groups in total. The Kier molecular flexibility index (Phi) is 4.14. The van der Waals surface area contributed by atoms with E-state index in [1.807, 2.05) is 61.5 Å². The van der Waals surface area contributed by atoms with Crippen molar-refractivity contribution >= 4 is 17.2 Å². The number of benzene rings is 2. The lowest BCUT2D eigenvalue weighted by atomic mass is 10.1. The molecule has 0 heterocycles. The van der Waals surface area contributed by atoms with Gasteiger partial charge in [0.25, 0.3) is 0 Å². The van der Waals surface area contributed by atoms with Crippen LogP contribution in [0.15, 0.2) is 60.7 Å². The van der Waals surface area contributed by atoms with Crippen LogP contribution < -0.4 is 5.32 Å². The summed E-state index contributed by atoms with van der Waals surface area (Å²) in [6.45, 7) is 3.60.